The van der Waals surface area contributed by atoms with Gasteiger partial charge in [-0.3, -0.25) is 0 Å². The van der Waals surface area contributed by atoms with Gasteiger partial charge in [0.15, 0.2) is 0 Å². The lowest BCUT2D eigenvalue weighted by Gasteiger charge is -2.14. The number of hydrogen-bond acceptors (Lipinski definition) is 3. The Labute approximate surface area is 136 Å². The third kappa shape index (κ3) is 3.25. The molecule has 0 fully saturated rings. The predicted octanol–water partition coefficient (Wildman–Crippen LogP) is 4.36. The highest BCUT2D eigenvalue weighted by Crippen LogP contribution is 2.33. The van der Waals surface area contributed by atoms with Gasteiger partial charge >= 0.3 is 0 Å². The molecule has 0 aliphatic rings. The summed E-state index contributed by atoms with van der Waals surface area (Å²) in [6.45, 7) is 0.135. The maximum atomic E-state index is 13.5. The van der Waals surface area contributed by atoms with E-state index in [1.54, 1.807) is 12.1 Å². The fraction of sp³-hybridized carbons (Fsp3) is 0.118. The van der Waals surface area contributed by atoms with E-state index >= 15 is 0 Å². The SMILES string of the molecule is NCC(c1cc(F)cc(F)c1)c1nocc1-c1ccc(Cl)cc1. The lowest BCUT2D eigenvalue weighted by molar-refractivity contribution is 0.408. The van der Waals surface area contributed by atoms with Crippen LogP contribution in [0, 0.1) is 11.6 Å². The molecule has 2 aromatic carbocycles. The third-order valence-corrected chi connectivity index (χ3v) is 3.86. The molecule has 0 aliphatic carbocycles. The van der Waals surface area contributed by atoms with E-state index in [-0.39, 0.29) is 6.54 Å². The number of nitrogens with two attached hydrogens (primary N) is 1. The highest BCUT2D eigenvalue weighted by molar-refractivity contribution is 6.30. The first-order chi connectivity index (χ1) is 11.1. The van der Waals surface area contributed by atoms with Gasteiger partial charge in [0.05, 0.1) is 0 Å². The molecule has 0 amide bonds. The van der Waals surface area contributed by atoms with E-state index in [1.165, 1.54) is 18.4 Å². The number of benzene rings is 2. The van der Waals surface area contributed by atoms with Crippen LogP contribution >= 0.6 is 11.6 Å². The van der Waals surface area contributed by atoms with E-state index in [0.717, 1.165) is 11.6 Å². The van der Waals surface area contributed by atoms with Gasteiger partial charge in [0.1, 0.15) is 23.6 Å². The van der Waals surface area contributed by atoms with Gasteiger partial charge in [0, 0.05) is 29.1 Å². The van der Waals surface area contributed by atoms with Crippen LogP contribution in [0.4, 0.5) is 8.78 Å². The highest BCUT2D eigenvalue weighted by Gasteiger charge is 2.22. The monoisotopic (exact) mass is 334 g/mol. The molecule has 118 valence electrons. The summed E-state index contributed by atoms with van der Waals surface area (Å²) in [6.07, 6.45) is 1.48. The summed E-state index contributed by atoms with van der Waals surface area (Å²) in [6, 6.07) is 10.4. The van der Waals surface area contributed by atoms with Crippen molar-refractivity contribution in [1.29, 1.82) is 0 Å². The Morgan fingerprint density at radius 3 is 2.35 bits per heavy atom. The van der Waals surface area contributed by atoms with Crippen molar-refractivity contribution in [2.75, 3.05) is 6.54 Å². The largest absolute Gasteiger partial charge is 0.364 e. The number of halogens is 3. The molecule has 3 aromatic rings. The summed E-state index contributed by atoms with van der Waals surface area (Å²) >= 11 is 5.89. The molecule has 3 rings (SSSR count). The fourth-order valence-corrected chi connectivity index (χ4v) is 2.65. The minimum atomic E-state index is -0.657. The smallest absolute Gasteiger partial charge is 0.131 e. The first-order valence-electron chi connectivity index (χ1n) is 6.94. The molecule has 6 heteroatoms. The predicted molar refractivity (Wildman–Crippen MR) is 84.2 cm³/mol. The summed E-state index contributed by atoms with van der Waals surface area (Å²) < 4.78 is 32.1. The molecule has 3 nitrogen and oxygen atoms in total. The second kappa shape index (κ2) is 6.48. The van der Waals surface area contributed by atoms with Crippen LogP contribution in [-0.4, -0.2) is 11.7 Å². The van der Waals surface area contributed by atoms with Crippen LogP contribution in [0.5, 0.6) is 0 Å². The maximum absolute atomic E-state index is 13.5. The summed E-state index contributed by atoms with van der Waals surface area (Å²) in [7, 11) is 0. The van der Waals surface area contributed by atoms with Crippen LogP contribution in [0.15, 0.2) is 53.3 Å². The molecule has 1 atom stereocenters. The van der Waals surface area contributed by atoms with E-state index in [4.69, 9.17) is 21.9 Å². The minimum Gasteiger partial charge on any atom is -0.364 e. The van der Waals surface area contributed by atoms with Crippen molar-refractivity contribution in [3.63, 3.8) is 0 Å². The molecule has 1 unspecified atom stereocenters. The van der Waals surface area contributed by atoms with E-state index in [9.17, 15) is 8.78 Å². The van der Waals surface area contributed by atoms with Gasteiger partial charge in [0.2, 0.25) is 0 Å². The Morgan fingerprint density at radius 1 is 1.09 bits per heavy atom. The van der Waals surface area contributed by atoms with Crippen molar-refractivity contribution >= 4 is 11.6 Å². The number of nitrogens with zero attached hydrogens (tertiary/aromatic N) is 1. The molecule has 0 saturated carbocycles. The van der Waals surface area contributed by atoms with Crippen LogP contribution in [0.1, 0.15) is 17.2 Å². The molecule has 1 heterocycles. The number of aromatic nitrogens is 1. The lowest BCUT2D eigenvalue weighted by atomic mass is 9.91. The molecule has 0 radical (unpaired) electrons. The molecule has 2 N–H and O–H groups in total. The summed E-state index contributed by atoms with van der Waals surface area (Å²) in [4.78, 5) is 0. The Hall–Kier alpha value is -2.24. The summed E-state index contributed by atoms with van der Waals surface area (Å²) in [5, 5.41) is 4.59. The van der Waals surface area contributed by atoms with Gasteiger partial charge in [-0.05, 0) is 35.4 Å². The van der Waals surface area contributed by atoms with E-state index in [0.29, 0.717) is 21.8 Å². The van der Waals surface area contributed by atoms with Gasteiger partial charge in [-0.1, -0.05) is 28.9 Å². The minimum absolute atomic E-state index is 0.135. The van der Waals surface area contributed by atoms with Crippen molar-refractivity contribution in [2.45, 2.75) is 5.92 Å². The van der Waals surface area contributed by atoms with Crippen LogP contribution < -0.4 is 5.73 Å². The third-order valence-electron chi connectivity index (χ3n) is 3.61. The molecule has 0 spiro atoms. The van der Waals surface area contributed by atoms with Gasteiger partial charge in [-0.2, -0.15) is 0 Å². The van der Waals surface area contributed by atoms with Crippen LogP contribution in [0.25, 0.3) is 11.1 Å². The first kappa shape index (κ1) is 15.6. The van der Waals surface area contributed by atoms with Gasteiger partial charge in [0.25, 0.3) is 0 Å². The topological polar surface area (TPSA) is 52.0 Å². The summed E-state index contributed by atoms with van der Waals surface area (Å²) in [5.74, 6) is -1.80. The average molecular weight is 335 g/mol. The van der Waals surface area contributed by atoms with E-state index < -0.39 is 17.6 Å². The van der Waals surface area contributed by atoms with Crippen molar-refractivity contribution < 1.29 is 13.3 Å². The average Bonchev–Trinajstić information content (AvgIpc) is 2.97. The zero-order chi connectivity index (χ0) is 16.4. The standard InChI is InChI=1S/C17H13ClF2N2O/c18-12-3-1-10(2-4-12)16-9-23-22-17(16)15(8-21)11-5-13(19)7-14(20)6-11/h1-7,9,15H,8,21H2. The molecule has 23 heavy (non-hydrogen) atoms. The molecular weight excluding hydrogens is 322 g/mol. The molecule has 0 saturated heterocycles. The quantitative estimate of drug-likeness (QED) is 0.771. The van der Waals surface area contributed by atoms with Gasteiger partial charge in [-0.25, -0.2) is 8.78 Å². The molecule has 0 aliphatic heterocycles. The number of rotatable bonds is 4. The Bertz CT molecular complexity index is 797. The Kier molecular flexibility index (Phi) is 4.41. The van der Waals surface area contributed by atoms with Crippen molar-refractivity contribution in [1.82, 2.24) is 5.16 Å². The van der Waals surface area contributed by atoms with Crippen molar-refractivity contribution in [3.8, 4) is 11.1 Å². The lowest BCUT2D eigenvalue weighted by Crippen LogP contribution is -2.15. The molecule has 0 bridgehead atoms. The second-order valence-electron chi connectivity index (χ2n) is 5.11. The second-order valence-corrected chi connectivity index (χ2v) is 5.55. The van der Waals surface area contributed by atoms with Crippen LogP contribution in [0.3, 0.4) is 0 Å². The van der Waals surface area contributed by atoms with Gasteiger partial charge in [-0.15, -0.1) is 0 Å². The highest BCUT2D eigenvalue weighted by atomic mass is 35.5. The Morgan fingerprint density at radius 2 is 1.74 bits per heavy atom. The summed E-state index contributed by atoms with van der Waals surface area (Å²) in [5.41, 5.74) is 8.30. The molecular formula is C17H13ClF2N2O. The normalized spacial score (nSPS) is 12.3. The first-order valence-corrected chi connectivity index (χ1v) is 7.32. The van der Waals surface area contributed by atoms with Crippen molar-refractivity contribution in [2.24, 2.45) is 5.73 Å². The van der Waals surface area contributed by atoms with Crippen LogP contribution in [-0.2, 0) is 0 Å². The Balaban J connectivity index is 2.06. The van der Waals surface area contributed by atoms with E-state index in [1.807, 2.05) is 12.1 Å². The molecule has 1 aromatic heterocycles. The van der Waals surface area contributed by atoms with Gasteiger partial charge < -0.3 is 10.3 Å². The maximum Gasteiger partial charge on any atom is 0.131 e. The fourth-order valence-electron chi connectivity index (χ4n) is 2.52. The number of hydrogen-bond donors (Lipinski definition) is 1. The zero-order valence-corrected chi connectivity index (χ0v) is 12.7. The zero-order valence-electron chi connectivity index (χ0n) is 12.0. The van der Waals surface area contributed by atoms with Crippen LogP contribution in [0.2, 0.25) is 5.02 Å². The van der Waals surface area contributed by atoms with Crippen molar-refractivity contribution in [3.05, 3.63) is 76.6 Å². The van der Waals surface area contributed by atoms with E-state index in [2.05, 4.69) is 5.16 Å².